The van der Waals surface area contributed by atoms with E-state index in [0.29, 0.717) is 24.5 Å². The Bertz CT molecular complexity index is 975. The van der Waals surface area contributed by atoms with E-state index in [1.807, 2.05) is 31.2 Å². The molecule has 0 saturated heterocycles. The van der Waals surface area contributed by atoms with E-state index < -0.39 is 11.7 Å². The van der Waals surface area contributed by atoms with Gasteiger partial charge in [0, 0.05) is 22.7 Å². The zero-order valence-electron chi connectivity index (χ0n) is 13.9. The van der Waals surface area contributed by atoms with Gasteiger partial charge in [-0.25, -0.2) is 4.68 Å². The van der Waals surface area contributed by atoms with Crippen LogP contribution in [0.1, 0.15) is 16.7 Å². The number of aromatic nitrogens is 2. The molecule has 3 nitrogen and oxygen atoms in total. The normalized spacial score (nSPS) is 13.6. The highest BCUT2D eigenvalue weighted by Crippen LogP contribution is 2.40. The van der Waals surface area contributed by atoms with Crippen molar-refractivity contribution in [3.05, 3.63) is 64.2 Å². The molecule has 0 amide bonds. The fourth-order valence-electron chi connectivity index (χ4n) is 3.21. The minimum atomic E-state index is -4.53. The zero-order chi connectivity index (χ0) is 18.5. The van der Waals surface area contributed by atoms with Crippen molar-refractivity contribution in [2.75, 3.05) is 11.9 Å². The molecule has 4 rings (SSSR count). The summed E-state index contributed by atoms with van der Waals surface area (Å²) in [6, 6.07) is 11.5. The lowest BCUT2D eigenvalue weighted by molar-refractivity contribution is -0.137. The molecular weight excluding hydrogens is 363 g/mol. The predicted octanol–water partition coefficient (Wildman–Crippen LogP) is 5.49. The molecule has 0 unspecified atom stereocenters. The zero-order valence-corrected chi connectivity index (χ0v) is 14.6. The Kier molecular flexibility index (Phi) is 3.95. The first-order valence-corrected chi connectivity index (χ1v) is 8.52. The molecule has 1 aromatic heterocycles. The van der Waals surface area contributed by atoms with Gasteiger partial charge in [-0.15, -0.1) is 0 Å². The standard InChI is InChI=1S/C19H15ClF3N3/c1-11-2-4-12(5-3-11)17-14-8-9-24-18(14)26(25-17)16-7-6-13(20)10-15(16)19(21,22)23/h2-7,10,24H,8-9H2,1H3. The Morgan fingerprint density at radius 3 is 2.54 bits per heavy atom. The van der Waals surface area contributed by atoms with Gasteiger partial charge in [-0.2, -0.15) is 18.3 Å². The summed E-state index contributed by atoms with van der Waals surface area (Å²) in [7, 11) is 0. The molecule has 0 fully saturated rings. The monoisotopic (exact) mass is 377 g/mol. The third-order valence-electron chi connectivity index (χ3n) is 4.47. The van der Waals surface area contributed by atoms with E-state index in [1.165, 1.54) is 16.8 Å². The SMILES string of the molecule is Cc1ccc(-c2nn(-c3ccc(Cl)cc3C(F)(F)F)c3c2CCN3)cc1. The van der Waals surface area contributed by atoms with Gasteiger partial charge in [0.1, 0.15) is 5.82 Å². The van der Waals surface area contributed by atoms with Gasteiger partial charge in [0.2, 0.25) is 0 Å². The van der Waals surface area contributed by atoms with Crippen LogP contribution in [-0.2, 0) is 12.6 Å². The molecule has 0 saturated carbocycles. The first-order valence-electron chi connectivity index (χ1n) is 8.14. The number of fused-ring (bicyclic) bond motifs is 1. The summed E-state index contributed by atoms with van der Waals surface area (Å²) in [5, 5.41) is 7.72. The van der Waals surface area contributed by atoms with Crippen LogP contribution >= 0.6 is 11.6 Å². The lowest BCUT2D eigenvalue weighted by Crippen LogP contribution is -2.13. The van der Waals surface area contributed by atoms with Crippen molar-refractivity contribution in [1.82, 2.24) is 9.78 Å². The van der Waals surface area contributed by atoms with Gasteiger partial charge in [0.05, 0.1) is 16.9 Å². The van der Waals surface area contributed by atoms with Crippen LogP contribution in [0, 0.1) is 6.92 Å². The lowest BCUT2D eigenvalue weighted by atomic mass is 10.1. The van der Waals surface area contributed by atoms with Gasteiger partial charge in [-0.05, 0) is 31.5 Å². The second kappa shape index (κ2) is 6.06. The van der Waals surface area contributed by atoms with Gasteiger partial charge in [0.15, 0.2) is 0 Å². The highest BCUT2D eigenvalue weighted by molar-refractivity contribution is 6.30. The topological polar surface area (TPSA) is 29.9 Å². The number of rotatable bonds is 2. The first-order chi connectivity index (χ1) is 12.3. The predicted molar refractivity (Wildman–Crippen MR) is 95.9 cm³/mol. The third-order valence-corrected chi connectivity index (χ3v) is 4.70. The molecule has 1 aliphatic heterocycles. The third kappa shape index (κ3) is 2.84. The van der Waals surface area contributed by atoms with Crippen molar-refractivity contribution in [2.45, 2.75) is 19.5 Å². The van der Waals surface area contributed by atoms with E-state index in [-0.39, 0.29) is 10.7 Å². The van der Waals surface area contributed by atoms with Crippen molar-refractivity contribution in [2.24, 2.45) is 0 Å². The van der Waals surface area contributed by atoms with Crippen molar-refractivity contribution < 1.29 is 13.2 Å². The summed E-state index contributed by atoms with van der Waals surface area (Å²) in [4.78, 5) is 0. The fourth-order valence-corrected chi connectivity index (χ4v) is 3.38. The fraction of sp³-hybridized carbons (Fsp3) is 0.211. The van der Waals surface area contributed by atoms with E-state index in [2.05, 4.69) is 10.4 Å². The summed E-state index contributed by atoms with van der Waals surface area (Å²) in [5.74, 6) is 0.605. The molecule has 0 aliphatic carbocycles. The molecule has 0 spiro atoms. The molecule has 2 heterocycles. The maximum Gasteiger partial charge on any atom is 0.418 e. The molecule has 1 N–H and O–H groups in total. The Morgan fingerprint density at radius 2 is 1.85 bits per heavy atom. The number of benzene rings is 2. The highest BCUT2D eigenvalue weighted by Gasteiger charge is 2.36. The molecule has 0 atom stereocenters. The van der Waals surface area contributed by atoms with Crippen LogP contribution in [0.15, 0.2) is 42.5 Å². The van der Waals surface area contributed by atoms with Crippen LogP contribution in [0.3, 0.4) is 0 Å². The summed E-state index contributed by atoms with van der Waals surface area (Å²) < 4.78 is 41.9. The van der Waals surface area contributed by atoms with Crippen LogP contribution in [0.2, 0.25) is 5.02 Å². The van der Waals surface area contributed by atoms with E-state index in [9.17, 15) is 13.2 Å². The minimum Gasteiger partial charge on any atom is -0.369 e. The lowest BCUT2D eigenvalue weighted by Gasteiger charge is -2.15. The average molecular weight is 378 g/mol. The van der Waals surface area contributed by atoms with Crippen molar-refractivity contribution in [1.29, 1.82) is 0 Å². The molecule has 0 bridgehead atoms. The number of aryl methyl sites for hydroxylation is 1. The number of anilines is 1. The average Bonchev–Trinajstić information content (AvgIpc) is 3.18. The summed E-state index contributed by atoms with van der Waals surface area (Å²) in [6.07, 6.45) is -3.81. The van der Waals surface area contributed by atoms with Crippen molar-refractivity contribution in [3.63, 3.8) is 0 Å². The van der Waals surface area contributed by atoms with Crippen LogP contribution in [0.25, 0.3) is 16.9 Å². The van der Waals surface area contributed by atoms with E-state index >= 15 is 0 Å². The number of hydrogen-bond acceptors (Lipinski definition) is 2. The van der Waals surface area contributed by atoms with Crippen LogP contribution in [-0.4, -0.2) is 16.3 Å². The van der Waals surface area contributed by atoms with Crippen molar-refractivity contribution in [3.8, 4) is 16.9 Å². The molecule has 1 aliphatic rings. The molecule has 0 radical (unpaired) electrons. The minimum absolute atomic E-state index is 0.0362. The van der Waals surface area contributed by atoms with E-state index in [4.69, 9.17) is 11.6 Å². The Morgan fingerprint density at radius 1 is 1.12 bits per heavy atom. The first kappa shape index (κ1) is 17.0. The number of nitrogens with zero attached hydrogens (tertiary/aromatic N) is 2. The summed E-state index contributed by atoms with van der Waals surface area (Å²) in [6.45, 7) is 2.65. The van der Waals surface area contributed by atoms with E-state index in [0.717, 1.165) is 22.8 Å². The number of halogens is 4. The van der Waals surface area contributed by atoms with Gasteiger partial charge in [0.25, 0.3) is 0 Å². The molecule has 2 aromatic carbocycles. The van der Waals surface area contributed by atoms with Crippen LogP contribution < -0.4 is 5.32 Å². The number of alkyl halides is 3. The van der Waals surface area contributed by atoms with Gasteiger partial charge < -0.3 is 5.32 Å². The second-order valence-corrected chi connectivity index (χ2v) is 6.73. The smallest absolute Gasteiger partial charge is 0.369 e. The largest absolute Gasteiger partial charge is 0.418 e. The molecule has 26 heavy (non-hydrogen) atoms. The highest BCUT2D eigenvalue weighted by atomic mass is 35.5. The molecule has 3 aromatic rings. The second-order valence-electron chi connectivity index (χ2n) is 6.29. The Balaban J connectivity index is 1.92. The summed E-state index contributed by atoms with van der Waals surface area (Å²) >= 11 is 5.80. The number of nitrogens with one attached hydrogen (secondary N) is 1. The maximum absolute atomic E-state index is 13.5. The van der Waals surface area contributed by atoms with Crippen LogP contribution in [0.4, 0.5) is 19.0 Å². The Hall–Kier alpha value is -2.47. The summed E-state index contributed by atoms with van der Waals surface area (Å²) in [5.41, 5.74) is 2.78. The Labute approximate surface area is 153 Å². The molecule has 7 heteroatoms. The molecular formula is C19H15ClF3N3. The van der Waals surface area contributed by atoms with Gasteiger partial charge >= 0.3 is 6.18 Å². The quantitative estimate of drug-likeness (QED) is 0.640. The maximum atomic E-state index is 13.5. The van der Waals surface area contributed by atoms with Gasteiger partial charge in [-0.1, -0.05) is 41.4 Å². The van der Waals surface area contributed by atoms with Gasteiger partial charge in [-0.3, -0.25) is 0 Å². The number of hydrogen-bond donors (Lipinski definition) is 1. The van der Waals surface area contributed by atoms with Crippen LogP contribution in [0.5, 0.6) is 0 Å². The molecule has 134 valence electrons. The van der Waals surface area contributed by atoms with Crippen molar-refractivity contribution >= 4 is 17.4 Å². The van der Waals surface area contributed by atoms with E-state index in [1.54, 1.807) is 0 Å².